The van der Waals surface area contributed by atoms with E-state index in [0.717, 1.165) is 22.3 Å². The number of aliphatic hydroxyl groups excluding tert-OH is 2. The molecule has 8 nitrogen and oxygen atoms in total. The normalized spacial score (nSPS) is 10.5. The van der Waals surface area contributed by atoms with Gasteiger partial charge in [0.15, 0.2) is 0 Å². The third-order valence-corrected chi connectivity index (χ3v) is 5.08. The average Bonchev–Trinajstić information content (AvgIpc) is 2.97. The molecule has 0 heterocycles. The van der Waals surface area contributed by atoms with E-state index in [4.69, 9.17) is 20.4 Å². The number of hydrogen-bond donors (Lipinski definition) is 4. The predicted molar refractivity (Wildman–Crippen MR) is 181 cm³/mol. The van der Waals surface area contributed by atoms with Gasteiger partial charge in [-0.2, -0.15) is 10.2 Å². The van der Waals surface area contributed by atoms with Crippen LogP contribution in [0.1, 0.15) is 58.4 Å². The van der Waals surface area contributed by atoms with Crippen LogP contribution in [-0.4, -0.2) is 57.9 Å². The molecule has 0 bridgehead atoms. The molecule has 4 N–H and O–H groups in total. The molecule has 0 unspecified atom stereocenters. The van der Waals surface area contributed by atoms with Crippen LogP contribution in [0, 0.1) is 39.8 Å². The molecule has 10 heteroatoms. The molecule has 0 radical (unpaired) electrons. The third kappa shape index (κ3) is 25.0. The topological polar surface area (TPSA) is 130 Å². The molecule has 0 aromatic heterocycles. The van der Waals surface area contributed by atoms with Crippen molar-refractivity contribution in [1.82, 2.24) is 0 Å². The summed E-state index contributed by atoms with van der Waals surface area (Å²) in [5.74, 6) is 0. The van der Waals surface area contributed by atoms with Crippen LogP contribution in [0.25, 0.3) is 0 Å². The zero-order valence-electron chi connectivity index (χ0n) is 26.8. The Kier molecular flexibility index (Phi) is 26.2. The van der Waals surface area contributed by atoms with Gasteiger partial charge in [0.05, 0.1) is 12.4 Å². The first-order chi connectivity index (χ1) is 20.9. The molecule has 4 rings (SSSR count). The van der Waals surface area contributed by atoms with Crippen LogP contribution in [0.15, 0.2) is 105 Å². The minimum Gasteiger partial charge on any atom is -0.368 e. The number of benzene rings is 4. The maximum Gasteiger partial charge on any atom is 0.148 e. The number of aryl methyl sites for hydroxylation is 4. The summed E-state index contributed by atoms with van der Waals surface area (Å²) in [6.07, 6.45) is 4.54. The SMILES string of the molecule is CC(O)O.CC(O)O.Cc1c[c-]c(C=N/N=C/c2ccc(C)cc2)cc1.Cc1c[c-]c(C=N/N=C/c2ccc(C)cc2)cc1.[Pd].[Pd]. The Bertz CT molecular complexity index is 1210. The molecule has 0 fully saturated rings. The minimum absolute atomic E-state index is 0. The number of rotatable bonds is 6. The van der Waals surface area contributed by atoms with Gasteiger partial charge in [0.2, 0.25) is 0 Å². The first kappa shape index (κ1) is 44.8. The fraction of sp³-hybridized carbons (Fsp3) is 0.222. The van der Waals surface area contributed by atoms with Crippen LogP contribution in [0.5, 0.6) is 0 Å². The summed E-state index contributed by atoms with van der Waals surface area (Å²) in [4.78, 5) is 0. The monoisotopic (exact) mass is 806 g/mol. The fourth-order valence-corrected chi connectivity index (χ4v) is 2.89. The van der Waals surface area contributed by atoms with E-state index in [1.807, 2.05) is 74.5 Å². The van der Waals surface area contributed by atoms with Crippen molar-refractivity contribution in [2.45, 2.75) is 54.1 Å². The number of hydrogen-bond acceptors (Lipinski definition) is 8. The van der Waals surface area contributed by atoms with Crippen molar-refractivity contribution < 1.29 is 61.3 Å². The molecule has 0 aliphatic heterocycles. The molecule has 46 heavy (non-hydrogen) atoms. The second-order valence-corrected chi connectivity index (χ2v) is 9.71. The molecule has 0 amide bonds. The van der Waals surface area contributed by atoms with Crippen LogP contribution in [0.3, 0.4) is 0 Å². The van der Waals surface area contributed by atoms with Crippen molar-refractivity contribution in [3.8, 4) is 0 Å². The maximum atomic E-state index is 7.61. The Morgan fingerprint density at radius 3 is 0.978 bits per heavy atom. The quantitative estimate of drug-likeness (QED) is 0.0651. The molecule has 4 aromatic rings. The van der Waals surface area contributed by atoms with Crippen molar-refractivity contribution >= 4 is 24.9 Å². The van der Waals surface area contributed by atoms with Gasteiger partial charge in [0.1, 0.15) is 12.6 Å². The second kappa shape index (κ2) is 26.9. The van der Waals surface area contributed by atoms with E-state index in [0.29, 0.717) is 0 Å². The first-order valence-corrected chi connectivity index (χ1v) is 13.9. The summed E-state index contributed by atoms with van der Waals surface area (Å²) in [7, 11) is 0. The number of nitrogens with zero attached hydrogens (tertiary/aromatic N) is 4. The van der Waals surface area contributed by atoms with E-state index in [2.05, 4.69) is 70.7 Å². The Balaban J connectivity index is 0. The summed E-state index contributed by atoms with van der Waals surface area (Å²) in [5.41, 5.74) is 8.82. The summed E-state index contributed by atoms with van der Waals surface area (Å²) >= 11 is 0. The molecule has 0 aliphatic carbocycles. The minimum atomic E-state index is -1.17. The van der Waals surface area contributed by atoms with Crippen molar-refractivity contribution in [2.75, 3.05) is 0 Å². The molecule has 0 saturated carbocycles. The molecule has 0 atom stereocenters. The standard InChI is InChI=1S/2C16H15N2.2C2H6O2.2Pd/c2*1-13-3-7-15(8-4-13)11-17-18-12-16-9-5-14(2)6-10-16;2*1-2(3)4;;/h2*3-9,11-12H,1-2H3;2*2-4H,1H3;;/q2*-1;;;;/b2*17-11+,18-12?;;;;. The van der Waals surface area contributed by atoms with Gasteiger partial charge in [-0.25, -0.2) is 10.2 Å². The van der Waals surface area contributed by atoms with Gasteiger partial charge in [-0.3, -0.25) is 0 Å². The van der Waals surface area contributed by atoms with Gasteiger partial charge in [0.25, 0.3) is 0 Å². The van der Waals surface area contributed by atoms with Crippen LogP contribution in [0.4, 0.5) is 0 Å². The summed E-state index contributed by atoms with van der Waals surface area (Å²) in [5, 5.41) is 46.5. The fourth-order valence-electron chi connectivity index (χ4n) is 2.89. The van der Waals surface area contributed by atoms with E-state index in [1.165, 1.54) is 36.1 Å². The van der Waals surface area contributed by atoms with Gasteiger partial charge in [-0.1, -0.05) is 73.5 Å². The summed E-state index contributed by atoms with van der Waals surface area (Å²) < 4.78 is 0. The van der Waals surface area contributed by atoms with Crippen molar-refractivity contribution in [2.24, 2.45) is 20.4 Å². The third-order valence-electron chi connectivity index (χ3n) is 5.08. The zero-order chi connectivity index (χ0) is 32.7. The maximum absolute atomic E-state index is 7.61. The smallest absolute Gasteiger partial charge is 0.148 e. The Morgan fingerprint density at radius 2 is 0.717 bits per heavy atom. The molecule has 252 valence electrons. The van der Waals surface area contributed by atoms with Gasteiger partial charge in [0, 0.05) is 40.8 Å². The first-order valence-electron chi connectivity index (χ1n) is 13.9. The largest absolute Gasteiger partial charge is 0.368 e. The second-order valence-electron chi connectivity index (χ2n) is 9.71. The molecular weight excluding hydrogens is 765 g/mol. The van der Waals surface area contributed by atoms with E-state index in [9.17, 15) is 0 Å². The van der Waals surface area contributed by atoms with Crippen LogP contribution >= 0.6 is 0 Å². The molecule has 0 aliphatic rings. The molecule has 0 saturated heterocycles. The van der Waals surface area contributed by atoms with E-state index >= 15 is 0 Å². The van der Waals surface area contributed by atoms with Crippen molar-refractivity contribution in [3.63, 3.8) is 0 Å². The molecule has 0 spiro atoms. The van der Waals surface area contributed by atoms with Crippen molar-refractivity contribution in [1.29, 1.82) is 0 Å². The van der Waals surface area contributed by atoms with Crippen LogP contribution < -0.4 is 0 Å². The van der Waals surface area contributed by atoms with Crippen LogP contribution in [0.2, 0.25) is 0 Å². The van der Waals surface area contributed by atoms with Gasteiger partial charge in [-0.15, -0.1) is 70.8 Å². The van der Waals surface area contributed by atoms with Gasteiger partial charge < -0.3 is 20.4 Å². The molecular formula is C36H42N4O4Pd2-2. The van der Waals surface area contributed by atoms with E-state index in [1.54, 1.807) is 24.9 Å². The number of aliphatic hydroxyl groups is 4. The van der Waals surface area contributed by atoms with Gasteiger partial charge >= 0.3 is 0 Å². The van der Waals surface area contributed by atoms with Gasteiger partial charge in [-0.05, 0) is 51.3 Å². The zero-order valence-corrected chi connectivity index (χ0v) is 29.9. The Labute approximate surface area is 300 Å². The average molecular weight is 808 g/mol. The Hall–Kier alpha value is -3.28. The summed E-state index contributed by atoms with van der Waals surface area (Å²) in [6, 6.07) is 34.4. The predicted octanol–water partition coefficient (Wildman–Crippen LogP) is 5.74. The van der Waals surface area contributed by atoms with Crippen LogP contribution in [-0.2, 0) is 40.8 Å². The van der Waals surface area contributed by atoms with E-state index in [-0.39, 0.29) is 40.8 Å². The summed E-state index contributed by atoms with van der Waals surface area (Å²) in [6.45, 7) is 10.7. The van der Waals surface area contributed by atoms with E-state index < -0.39 is 12.6 Å². The molecule has 4 aromatic carbocycles. The van der Waals surface area contributed by atoms with Crippen molar-refractivity contribution in [3.05, 3.63) is 142 Å². The Morgan fingerprint density at radius 1 is 0.457 bits per heavy atom.